The van der Waals surface area contributed by atoms with Gasteiger partial charge >= 0.3 is 0 Å². The topological polar surface area (TPSA) is 26.3 Å². The van der Waals surface area contributed by atoms with Gasteiger partial charge in [-0.2, -0.15) is 0 Å². The summed E-state index contributed by atoms with van der Waals surface area (Å²) >= 11 is 0. The zero-order chi connectivity index (χ0) is 10.7. The summed E-state index contributed by atoms with van der Waals surface area (Å²) in [4.78, 5) is 11.1. The second-order valence-corrected chi connectivity index (χ2v) is 7.11. The molecule has 3 heteroatoms. The van der Waals surface area contributed by atoms with Gasteiger partial charge in [0.05, 0.1) is 0 Å². The first-order valence-corrected chi connectivity index (χ1v) is 7.71. The van der Waals surface area contributed by atoms with Gasteiger partial charge in [-0.3, -0.25) is 0 Å². The van der Waals surface area contributed by atoms with Gasteiger partial charge < -0.3 is 9.22 Å². The van der Waals surface area contributed by atoms with Crippen LogP contribution in [0.2, 0.25) is 13.1 Å². The molecule has 2 nitrogen and oxygen atoms in total. The molecular formula is C10H22O2Si. The summed E-state index contributed by atoms with van der Waals surface area (Å²) in [5.41, 5.74) is -0.686. The first-order chi connectivity index (χ1) is 5.79. The van der Waals surface area contributed by atoms with Gasteiger partial charge in [-0.25, -0.2) is 0 Å². The SMILES string of the molecule is CC[C@](C=O)(O[SiH](C)C)C(C)(C)C. The van der Waals surface area contributed by atoms with E-state index in [2.05, 4.69) is 33.9 Å². The maximum atomic E-state index is 11.1. The van der Waals surface area contributed by atoms with Gasteiger partial charge in [0.2, 0.25) is 0 Å². The van der Waals surface area contributed by atoms with Crippen LogP contribution >= 0.6 is 0 Å². The van der Waals surface area contributed by atoms with Crippen LogP contribution in [0.4, 0.5) is 0 Å². The first kappa shape index (κ1) is 12.8. The molecule has 0 saturated heterocycles. The van der Waals surface area contributed by atoms with Crippen molar-refractivity contribution in [2.75, 3.05) is 0 Å². The lowest BCUT2D eigenvalue weighted by Crippen LogP contribution is -2.49. The molecule has 0 fully saturated rings. The fraction of sp³-hybridized carbons (Fsp3) is 0.900. The van der Waals surface area contributed by atoms with Crippen molar-refractivity contribution in [2.24, 2.45) is 5.41 Å². The molecule has 0 aliphatic heterocycles. The van der Waals surface area contributed by atoms with Crippen molar-refractivity contribution in [3.8, 4) is 0 Å². The number of carbonyl (C=O) groups is 1. The predicted molar refractivity (Wildman–Crippen MR) is 58.5 cm³/mol. The van der Waals surface area contributed by atoms with E-state index in [9.17, 15) is 4.79 Å². The minimum atomic E-state index is -1.16. The van der Waals surface area contributed by atoms with Crippen LogP contribution in [-0.4, -0.2) is 20.9 Å². The van der Waals surface area contributed by atoms with E-state index >= 15 is 0 Å². The highest BCUT2D eigenvalue weighted by atomic mass is 28.3. The van der Waals surface area contributed by atoms with Crippen LogP contribution in [0.25, 0.3) is 0 Å². The summed E-state index contributed by atoms with van der Waals surface area (Å²) in [5, 5.41) is 0. The number of hydrogen-bond donors (Lipinski definition) is 0. The van der Waals surface area contributed by atoms with Crippen LogP contribution in [0.5, 0.6) is 0 Å². The molecule has 0 amide bonds. The molecule has 0 aliphatic carbocycles. The van der Waals surface area contributed by atoms with E-state index in [1.165, 1.54) is 0 Å². The third-order valence-corrected chi connectivity index (χ3v) is 3.32. The van der Waals surface area contributed by atoms with Gasteiger partial charge in [0.25, 0.3) is 0 Å². The van der Waals surface area contributed by atoms with E-state index in [0.717, 1.165) is 12.7 Å². The van der Waals surface area contributed by atoms with Crippen molar-refractivity contribution in [1.29, 1.82) is 0 Å². The van der Waals surface area contributed by atoms with Crippen LogP contribution in [0, 0.1) is 5.41 Å². The van der Waals surface area contributed by atoms with Crippen molar-refractivity contribution in [3.63, 3.8) is 0 Å². The molecule has 1 atom stereocenters. The zero-order valence-corrected chi connectivity index (χ0v) is 10.8. The van der Waals surface area contributed by atoms with E-state index in [-0.39, 0.29) is 5.41 Å². The Hall–Kier alpha value is -0.153. The van der Waals surface area contributed by atoms with Crippen LogP contribution in [0.15, 0.2) is 0 Å². The maximum Gasteiger partial charge on any atom is 0.172 e. The van der Waals surface area contributed by atoms with Gasteiger partial charge in [-0.05, 0) is 24.9 Å². The lowest BCUT2D eigenvalue weighted by atomic mass is 9.76. The monoisotopic (exact) mass is 202 g/mol. The summed E-state index contributed by atoms with van der Waals surface area (Å²) in [6, 6.07) is 0. The molecule has 0 rings (SSSR count). The summed E-state index contributed by atoms with van der Waals surface area (Å²) in [6.07, 6.45) is 1.74. The van der Waals surface area contributed by atoms with Gasteiger partial charge in [-0.1, -0.05) is 27.7 Å². The molecule has 0 bridgehead atoms. The Balaban J connectivity index is 4.81. The Bertz CT molecular complexity index is 172. The lowest BCUT2D eigenvalue weighted by Gasteiger charge is -2.41. The van der Waals surface area contributed by atoms with E-state index < -0.39 is 14.6 Å². The minimum absolute atomic E-state index is 0.110. The van der Waals surface area contributed by atoms with Crippen LogP contribution in [0.3, 0.4) is 0 Å². The van der Waals surface area contributed by atoms with Gasteiger partial charge in [-0.15, -0.1) is 0 Å². The average molecular weight is 202 g/mol. The fourth-order valence-electron chi connectivity index (χ4n) is 1.50. The van der Waals surface area contributed by atoms with Gasteiger partial charge in [0, 0.05) is 0 Å². The third kappa shape index (κ3) is 2.92. The van der Waals surface area contributed by atoms with E-state index in [1.807, 2.05) is 6.92 Å². The maximum absolute atomic E-state index is 11.1. The van der Waals surface area contributed by atoms with E-state index in [1.54, 1.807) is 0 Å². The molecule has 0 unspecified atom stereocenters. The summed E-state index contributed by atoms with van der Waals surface area (Å²) in [6.45, 7) is 12.4. The zero-order valence-electron chi connectivity index (χ0n) is 9.68. The Morgan fingerprint density at radius 3 is 1.85 bits per heavy atom. The molecule has 0 radical (unpaired) electrons. The molecule has 0 heterocycles. The second-order valence-electron chi connectivity index (χ2n) is 4.78. The van der Waals surface area contributed by atoms with E-state index in [4.69, 9.17) is 4.43 Å². The normalized spacial score (nSPS) is 17.2. The number of carbonyl (C=O) groups excluding carboxylic acids is 1. The van der Waals surface area contributed by atoms with Crippen molar-refractivity contribution < 1.29 is 9.22 Å². The van der Waals surface area contributed by atoms with E-state index in [0.29, 0.717) is 0 Å². The minimum Gasteiger partial charge on any atom is -0.408 e. The van der Waals surface area contributed by atoms with Crippen molar-refractivity contribution in [3.05, 3.63) is 0 Å². The smallest absolute Gasteiger partial charge is 0.172 e. The Morgan fingerprint density at radius 2 is 1.77 bits per heavy atom. The number of aldehydes is 1. The van der Waals surface area contributed by atoms with Crippen LogP contribution in [-0.2, 0) is 9.22 Å². The summed E-state index contributed by atoms with van der Waals surface area (Å²) < 4.78 is 5.87. The lowest BCUT2D eigenvalue weighted by molar-refractivity contribution is -0.132. The van der Waals surface area contributed by atoms with Gasteiger partial charge in [0.1, 0.15) is 5.60 Å². The third-order valence-electron chi connectivity index (χ3n) is 2.43. The summed E-state index contributed by atoms with van der Waals surface area (Å²) in [7, 11) is -1.16. The van der Waals surface area contributed by atoms with Crippen molar-refractivity contribution >= 4 is 15.3 Å². The highest BCUT2D eigenvalue weighted by Crippen LogP contribution is 2.35. The quantitative estimate of drug-likeness (QED) is 0.517. The summed E-state index contributed by atoms with van der Waals surface area (Å²) in [5.74, 6) is 0. The molecule has 78 valence electrons. The van der Waals surface area contributed by atoms with Crippen LogP contribution in [0.1, 0.15) is 34.1 Å². The average Bonchev–Trinajstić information content (AvgIpc) is 1.97. The standard InChI is InChI=1S/C10H22O2Si/c1-7-10(8-11,9(2,3)4)12-13(5)6/h8,13H,7H2,1-6H3/t10-/m1/s1. The molecule has 0 spiro atoms. The molecular weight excluding hydrogens is 180 g/mol. The number of rotatable bonds is 4. The Labute approximate surface area is 83.4 Å². The number of hydrogen-bond acceptors (Lipinski definition) is 2. The largest absolute Gasteiger partial charge is 0.408 e. The molecule has 0 N–H and O–H groups in total. The molecule has 0 saturated carbocycles. The molecule has 0 aliphatic rings. The Morgan fingerprint density at radius 1 is 1.31 bits per heavy atom. The predicted octanol–water partition coefficient (Wildman–Crippen LogP) is 2.38. The molecule has 0 aromatic carbocycles. The molecule has 0 aromatic rings. The first-order valence-electron chi connectivity index (χ1n) is 4.93. The van der Waals surface area contributed by atoms with Crippen molar-refractivity contribution in [1.82, 2.24) is 0 Å². The molecule has 13 heavy (non-hydrogen) atoms. The highest BCUT2D eigenvalue weighted by molar-refractivity contribution is 6.48. The van der Waals surface area contributed by atoms with Crippen LogP contribution < -0.4 is 0 Å². The Kier molecular flexibility index (Phi) is 4.32. The van der Waals surface area contributed by atoms with Gasteiger partial charge in [0.15, 0.2) is 15.3 Å². The second kappa shape index (κ2) is 4.38. The van der Waals surface area contributed by atoms with Crippen molar-refractivity contribution in [2.45, 2.75) is 52.8 Å². The highest BCUT2D eigenvalue weighted by Gasteiger charge is 2.41. The molecule has 0 aromatic heterocycles. The fourth-order valence-corrected chi connectivity index (χ4v) is 2.92.